The summed E-state index contributed by atoms with van der Waals surface area (Å²) in [4.78, 5) is 15.7. The fourth-order valence-electron chi connectivity index (χ4n) is 2.43. The summed E-state index contributed by atoms with van der Waals surface area (Å²) in [5.74, 6) is 0.517. The molecule has 0 saturated heterocycles. The fraction of sp³-hybridized carbons (Fsp3) is 0.143. The maximum atomic E-state index is 12.9. The van der Waals surface area contributed by atoms with Gasteiger partial charge in [-0.15, -0.1) is 0 Å². The lowest BCUT2D eigenvalue weighted by Crippen LogP contribution is -2.38. The van der Waals surface area contributed by atoms with Crippen molar-refractivity contribution in [3.05, 3.63) is 78.2 Å². The van der Waals surface area contributed by atoms with Gasteiger partial charge in [-0.05, 0) is 67.6 Å². The number of hydrogen-bond donors (Lipinski definition) is 2. The van der Waals surface area contributed by atoms with Crippen LogP contribution in [0.2, 0.25) is 0 Å². The molecule has 0 fully saturated rings. The predicted octanol–water partition coefficient (Wildman–Crippen LogP) is 3.64. The Morgan fingerprint density at radius 3 is 2.33 bits per heavy atom. The topological polar surface area (TPSA) is 77.2 Å². The zero-order valence-corrected chi connectivity index (χ0v) is 14.9. The predicted molar refractivity (Wildman–Crippen MR) is 102 cm³/mol. The second kappa shape index (κ2) is 8.42. The number of rotatable bonds is 7. The van der Waals surface area contributed by atoms with Crippen molar-refractivity contribution in [1.82, 2.24) is 10.3 Å². The van der Waals surface area contributed by atoms with Gasteiger partial charge in [0.1, 0.15) is 17.3 Å². The van der Waals surface area contributed by atoms with Gasteiger partial charge in [0, 0.05) is 12.1 Å². The van der Waals surface area contributed by atoms with E-state index in [1.807, 2.05) is 42.5 Å². The molecule has 0 aliphatic carbocycles. The molecule has 0 saturated carbocycles. The highest BCUT2D eigenvalue weighted by molar-refractivity contribution is 5.79. The van der Waals surface area contributed by atoms with Crippen LogP contribution in [0.25, 0.3) is 11.3 Å². The first-order valence-electron chi connectivity index (χ1n) is 8.54. The number of pyridine rings is 1. The van der Waals surface area contributed by atoms with Crippen LogP contribution in [0.1, 0.15) is 12.6 Å². The number of hydrogen-bond acceptors (Lipinski definition) is 4. The molecule has 138 valence electrons. The Balaban J connectivity index is 1.68. The van der Waals surface area contributed by atoms with Crippen LogP contribution in [-0.4, -0.2) is 16.9 Å². The zero-order valence-electron chi connectivity index (χ0n) is 14.9. The maximum absolute atomic E-state index is 12.9. The Labute approximate surface area is 157 Å². The van der Waals surface area contributed by atoms with Crippen molar-refractivity contribution < 1.29 is 13.9 Å². The van der Waals surface area contributed by atoms with Crippen LogP contribution in [0.15, 0.2) is 66.7 Å². The van der Waals surface area contributed by atoms with Crippen molar-refractivity contribution in [2.75, 3.05) is 0 Å². The molecule has 3 aromatic rings. The Hall–Kier alpha value is -3.25. The first kappa shape index (κ1) is 18.5. The molecule has 6 heteroatoms. The number of primary amides is 1. The number of carbonyl (C=O) groups excluding carboxylic acids is 1. The zero-order chi connectivity index (χ0) is 19.2. The molecule has 3 rings (SSSR count). The maximum Gasteiger partial charge on any atom is 0.234 e. The van der Waals surface area contributed by atoms with Gasteiger partial charge in [0.25, 0.3) is 0 Å². The summed E-state index contributed by atoms with van der Waals surface area (Å²) in [6.45, 7) is 2.16. The van der Waals surface area contributed by atoms with E-state index in [1.165, 1.54) is 12.1 Å². The first-order valence-corrected chi connectivity index (χ1v) is 8.54. The van der Waals surface area contributed by atoms with E-state index in [0.29, 0.717) is 18.0 Å². The minimum absolute atomic E-state index is 0.302. The Morgan fingerprint density at radius 2 is 1.70 bits per heavy atom. The average molecular weight is 365 g/mol. The van der Waals surface area contributed by atoms with Crippen LogP contribution in [0.3, 0.4) is 0 Å². The van der Waals surface area contributed by atoms with Gasteiger partial charge < -0.3 is 15.8 Å². The molecule has 3 N–H and O–H groups in total. The van der Waals surface area contributed by atoms with Crippen LogP contribution >= 0.6 is 0 Å². The van der Waals surface area contributed by atoms with Crippen LogP contribution in [0, 0.1) is 5.82 Å². The molecule has 5 nitrogen and oxygen atoms in total. The van der Waals surface area contributed by atoms with Gasteiger partial charge in [-0.2, -0.15) is 0 Å². The van der Waals surface area contributed by atoms with Crippen LogP contribution in [0.5, 0.6) is 11.5 Å². The number of nitrogens with zero attached hydrogens (tertiary/aromatic N) is 1. The van der Waals surface area contributed by atoms with E-state index in [2.05, 4.69) is 10.3 Å². The molecule has 1 heterocycles. The molecule has 1 aromatic heterocycles. The Kier molecular flexibility index (Phi) is 5.78. The quantitative estimate of drug-likeness (QED) is 0.670. The third kappa shape index (κ3) is 5.12. The highest BCUT2D eigenvalue weighted by Crippen LogP contribution is 2.25. The van der Waals surface area contributed by atoms with Gasteiger partial charge in [-0.1, -0.05) is 6.07 Å². The van der Waals surface area contributed by atoms with Gasteiger partial charge in [-0.3, -0.25) is 9.78 Å². The summed E-state index contributed by atoms with van der Waals surface area (Å²) < 4.78 is 18.6. The number of amides is 1. The smallest absolute Gasteiger partial charge is 0.234 e. The molecule has 0 bridgehead atoms. The van der Waals surface area contributed by atoms with Crippen LogP contribution in [-0.2, 0) is 11.3 Å². The summed E-state index contributed by atoms with van der Waals surface area (Å²) in [6.07, 6.45) is 0. The molecule has 0 aliphatic rings. The van der Waals surface area contributed by atoms with E-state index >= 15 is 0 Å². The lowest BCUT2D eigenvalue weighted by atomic mass is 10.1. The first-order chi connectivity index (χ1) is 13.0. The molecule has 0 unspecified atom stereocenters. The third-order valence-electron chi connectivity index (χ3n) is 4.02. The van der Waals surface area contributed by atoms with Crippen molar-refractivity contribution in [1.29, 1.82) is 0 Å². The van der Waals surface area contributed by atoms with Gasteiger partial charge in [0.2, 0.25) is 5.91 Å². The highest BCUT2D eigenvalue weighted by Gasteiger charge is 2.08. The average Bonchev–Trinajstić information content (AvgIpc) is 2.68. The van der Waals surface area contributed by atoms with E-state index in [9.17, 15) is 9.18 Å². The summed E-state index contributed by atoms with van der Waals surface area (Å²) in [5, 5.41) is 3.03. The van der Waals surface area contributed by atoms with E-state index in [0.717, 1.165) is 17.0 Å². The molecule has 27 heavy (non-hydrogen) atoms. The lowest BCUT2D eigenvalue weighted by Gasteiger charge is -2.11. The van der Waals surface area contributed by atoms with E-state index < -0.39 is 11.9 Å². The second-order valence-corrected chi connectivity index (χ2v) is 6.10. The summed E-state index contributed by atoms with van der Waals surface area (Å²) in [7, 11) is 0. The standard InChI is InChI=1S/C21H20FN3O2/c1-14(21(23)26)24-13-17-3-2-4-20(25-17)15-5-9-18(10-6-15)27-19-11-7-16(22)8-12-19/h2-12,14,24H,13H2,1H3,(H2,23,26)/t14-/m0/s1. The minimum atomic E-state index is -0.418. The third-order valence-corrected chi connectivity index (χ3v) is 4.02. The normalized spacial score (nSPS) is 11.8. The van der Waals surface area contributed by atoms with Gasteiger partial charge >= 0.3 is 0 Å². The number of carbonyl (C=O) groups is 1. The Morgan fingerprint density at radius 1 is 1.07 bits per heavy atom. The number of nitrogens with two attached hydrogens (primary N) is 1. The monoisotopic (exact) mass is 365 g/mol. The van der Waals surface area contributed by atoms with Crippen molar-refractivity contribution >= 4 is 5.91 Å². The number of aromatic nitrogens is 1. The van der Waals surface area contributed by atoms with Gasteiger partial charge in [-0.25, -0.2) is 4.39 Å². The summed E-state index contributed by atoms with van der Waals surface area (Å²) in [5.41, 5.74) is 7.81. The van der Waals surface area contributed by atoms with E-state index in [4.69, 9.17) is 10.5 Å². The number of nitrogens with one attached hydrogen (secondary N) is 1. The van der Waals surface area contributed by atoms with E-state index in [-0.39, 0.29) is 5.82 Å². The van der Waals surface area contributed by atoms with Crippen molar-refractivity contribution in [3.8, 4) is 22.8 Å². The highest BCUT2D eigenvalue weighted by atomic mass is 19.1. The molecular weight excluding hydrogens is 345 g/mol. The fourth-order valence-corrected chi connectivity index (χ4v) is 2.43. The number of benzene rings is 2. The molecule has 0 aliphatic heterocycles. The number of ether oxygens (including phenoxy) is 1. The van der Waals surface area contributed by atoms with E-state index in [1.54, 1.807) is 19.1 Å². The molecular formula is C21H20FN3O2. The minimum Gasteiger partial charge on any atom is -0.457 e. The number of halogens is 1. The lowest BCUT2D eigenvalue weighted by molar-refractivity contribution is -0.119. The second-order valence-electron chi connectivity index (χ2n) is 6.10. The van der Waals surface area contributed by atoms with Crippen molar-refractivity contribution in [3.63, 3.8) is 0 Å². The molecule has 0 spiro atoms. The molecule has 2 aromatic carbocycles. The van der Waals surface area contributed by atoms with Gasteiger partial charge in [0.05, 0.1) is 17.4 Å². The van der Waals surface area contributed by atoms with Crippen LogP contribution < -0.4 is 15.8 Å². The molecule has 1 atom stereocenters. The summed E-state index contributed by atoms with van der Waals surface area (Å²) >= 11 is 0. The SMILES string of the molecule is C[C@H](NCc1cccc(-c2ccc(Oc3ccc(F)cc3)cc2)n1)C(N)=O. The Bertz CT molecular complexity index is 911. The van der Waals surface area contributed by atoms with Crippen molar-refractivity contribution in [2.45, 2.75) is 19.5 Å². The molecule has 1 amide bonds. The van der Waals surface area contributed by atoms with Gasteiger partial charge in [0.15, 0.2) is 0 Å². The van der Waals surface area contributed by atoms with Crippen molar-refractivity contribution in [2.24, 2.45) is 5.73 Å². The molecule has 0 radical (unpaired) electrons. The largest absolute Gasteiger partial charge is 0.457 e. The summed E-state index contributed by atoms with van der Waals surface area (Å²) in [6, 6.07) is 18.6. The van der Waals surface area contributed by atoms with Crippen LogP contribution in [0.4, 0.5) is 4.39 Å².